The molecule has 0 aromatic carbocycles. The first-order valence-corrected chi connectivity index (χ1v) is 12.8. The van der Waals surface area contributed by atoms with Gasteiger partial charge in [-0.1, -0.05) is 17.7 Å². The SMILES string of the molecule is O[C@H](CNC1CCC(Nc2cc(-c3cccc(NCC4CCOCC4)n3)c(Cl)cn2)CC1)C(F)(F)F. The molecule has 0 amide bonds. The molecule has 1 aliphatic heterocycles. The number of nitrogens with one attached hydrogen (secondary N) is 3. The molecule has 3 heterocycles. The Kier molecular flexibility index (Phi) is 9.27. The zero-order chi connectivity index (χ0) is 25.5. The van der Waals surface area contributed by atoms with E-state index < -0.39 is 18.8 Å². The zero-order valence-electron chi connectivity index (χ0n) is 20.0. The lowest BCUT2D eigenvalue weighted by molar-refractivity contribution is -0.202. The van der Waals surface area contributed by atoms with Crippen molar-refractivity contribution >= 4 is 23.2 Å². The summed E-state index contributed by atoms with van der Waals surface area (Å²) in [6.07, 6.45) is -0.248. The van der Waals surface area contributed by atoms with Crippen LogP contribution in [0.25, 0.3) is 11.3 Å². The van der Waals surface area contributed by atoms with Crippen molar-refractivity contribution in [2.75, 3.05) is 36.9 Å². The van der Waals surface area contributed by atoms with Crippen LogP contribution in [-0.4, -0.2) is 65.7 Å². The molecular formula is C25H33ClF3N5O2. The Balaban J connectivity index is 1.31. The van der Waals surface area contributed by atoms with Crippen molar-refractivity contribution in [3.05, 3.63) is 35.5 Å². The first-order valence-electron chi connectivity index (χ1n) is 12.5. The number of aliphatic hydroxyl groups excluding tert-OH is 1. The zero-order valence-corrected chi connectivity index (χ0v) is 20.8. The van der Waals surface area contributed by atoms with Gasteiger partial charge < -0.3 is 25.8 Å². The molecular weight excluding hydrogens is 495 g/mol. The molecule has 2 aromatic heterocycles. The van der Waals surface area contributed by atoms with E-state index in [1.807, 2.05) is 24.3 Å². The lowest BCUT2D eigenvalue weighted by atomic mass is 9.91. The van der Waals surface area contributed by atoms with Crippen LogP contribution in [0.5, 0.6) is 0 Å². The molecule has 1 aliphatic carbocycles. The third-order valence-electron chi connectivity index (χ3n) is 6.85. The summed E-state index contributed by atoms with van der Waals surface area (Å²) in [5.41, 5.74) is 1.53. The normalized spacial score (nSPS) is 22.2. The van der Waals surface area contributed by atoms with Gasteiger partial charge in [0.05, 0.1) is 10.7 Å². The molecule has 2 aromatic rings. The summed E-state index contributed by atoms with van der Waals surface area (Å²) < 4.78 is 42.9. The van der Waals surface area contributed by atoms with E-state index in [9.17, 15) is 18.3 Å². The first-order chi connectivity index (χ1) is 17.3. The third-order valence-corrected chi connectivity index (χ3v) is 7.15. The number of hydrogen-bond donors (Lipinski definition) is 4. The average molecular weight is 528 g/mol. The van der Waals surface area contributed by atoms with E-state index in [0.29, 0.717) is 29.6 Å². The van der Waals surface area contributed by atoms with Crippen LogP contribution in [-0.2, 0) is 4.74 Å². The molecule has 198 valence electrons. The molecule has 4 N–H and O–H groups in total. The quantitative estimate of drug-likeness (QED) is 0.370. The molecule has 1 saturated heterocycles. The molecule has 0 bridgehead atoms. The van der Waals surface area contributed by atoms with E-state index >= 15 is 0 Å². The van der Waals surface area contributed by atoms with Gasteiger partial charge in [0, 0.05) is 50.1 Å². The predicted molar refractivity (Wildman–Crippen MR) is 134 cm³/mol. The van der Waals surface area contributed by atoms with Crippen molar-refractivity contribution in [1.82, 2.24) is 15.3 Å². The second-order valence-electron chi connectivity index (χ2n) is 9.55. The number of nitrogens with zero attached hydrogens (tertiary/aromatic N) is 2. The fraction of sp³-hybridized carbons (Fsp3) is 0.600. The predicted octanol–water partition coefficient (Wildman–Crippen LogP) is 4.87. The minimum atomic E-state index is -4.60. The molecule has 0 unspecified atom stereocenters. The van der Waals surface area contributed by atoms with E-state index in [1.54, 1.807) is 6.20 Å². The van der Waals surface area contributed by atoms with Gasteiger partial charge in [0.2, 0.25) is 0 Å². The van der Waals surface area contributed by atoms with Gasteiger partial charge in [0.15, 0.2) is 6.10 Å². The minimum Gasteiger partial charge on any atom is -0.382 e. The average Bonchev–Trinajstić information content (AvgIpc) is 2.88. The monoisotopic (exact) mass is 527 g/mol. The van der Waals surface area contributed by atoms with E-state index in [1.165, 1.54) is 0 Å². The lowest BCUT2D eigenvalue weighted by Gasteiger charge is -2.31. The van der Waals surface area contributed by atoms with Crippen LogP contribution < -0.4 is 16.0 Å². The van der Waals surface area contributed by atoms with Crippen LogP contribution >= 0.6 is 11.6 Å². The Morgan fingerprint density at radius 2 is 1.78 bits per heavy atom. The number of alkyl halides is 3. The Morgan fingerprint density at radius 3 is 2.50 bits per heavy atom. The fourth-order valence-electron chi connectivity index (χ4n) is 4.64. The number of aromatic nitrogens is 2. The van der Waals surface area contributed by atoms with Crippen molar-refractivity contribution in [1.29, 1.82) is 0 Å². The topological polar surface area (TPSA) is 91.3 Å². The maximum absolute atomic E-state index is 12.5. The second kappa shape index (κ2) is 12.4. The summed E-state index contributed by atoms with van der Waals surface area (Å²) >= 11 is 6.46. The van der Waals surface area contributed by atoms with Crippen LogP contribution in [0, 0.1) is 5.92 Å². The Labute approximate surface area is 214 Å². The highest BCUT2D eigenvalue weighted by Crippen LogP contribution is 2.30. The number of anilines is 2. The third kappa shape index (κ3) is 7.68. The summed E-state index contributed by atoms with van der Waals surface area (Å²) in [6.45, 7) is 1.98. The number of halogens is 4. The van der Waals surface area contributed by atoms with Crippen molar-refractivity contribution in [2.24, 2.45) is 5.92 Å². The van der Waals surface area contributed by atoms with E-state index in [0.717, 1.165) is 62.5 Å². The summed E-state index contributed by atoms with van der Waals surface area (Å²) in [6, 6.07) is 7.79. The van der Waals surface area contributed by atoms with Gasteiger partial charge in [0.1, 0.15) is 11.6 Å². The second-order valence-corrected chi connectivity index (χ2v) is 9.96. The van der Waals surface area contributed by atoms with Crippen LogP contribution in [0.3, 0.4) is 0 Å². The van der Waals surface area contributed by atoms with Gasteiger partial charge >= 0.3 is 6.18 Å². The number of hydrogen-bond acceptors (Lipinski definition) is 7. The molecule has 0 radical (unpaired) electrons. The van der Waals surface area contributed by atoms with E-state index in [-0.39, 0.29) is 12.1 Å². The highest BCUT2D eigenvalue weighted by molar-refractivity contribution is 6.33. The fourth-order valence-corrected chi connectivity index (χ4v) is 4.84. The van der Waals surface area contributed by atoms with Crippen molar-refractivity contribution in [3.63, 3.8) is 0 Å². The van der Waals surface area contributed by atoms with Crippen molar-refractivity contribution in [2.45, 2.75) is 62.9 Å². The van der Waals surface area contributed by atoms with Crippen molar-refractivity contribution in [3.8, 4) is 11.3 Å². The van der Waals surface area contributed by atoms with Crippen LogP contribution in [0.2, 0.25) is 5.02 Å². The standard InChI is InChI=1S/C25H33ClF3N5O2/c26-20-14-32-24(33-18-6-4-17(5-7-18)30-15-22(35)25(27,28)29)12-19(20)21-2-1-3-23(34-21)31-13-16-8-10-36-11-9-16/h1-3,12,14,16-18,22,30,35H,4-11,13,15H2,(H,31,34)(H,32,33)/t17?,18?,22-/m1/s1. The summed E-state index contributed by atoms with van der Waals surface area (Å²) in [7, 11) is 0. The maximum Gasteiger partial charge on any atom is 0.415 e. The minimum absolute atomic E-state index is 0.0469. The molecule has 1 atom stereocenters. The van der Waals surface area contributed by atoms with E-state index in [4.69, 9.17) is 21.3 Å². The molecule has 4 rings (SSSR count). The molecule has 11 heteroatoms. The van der Waals surface area contributed by atoms with Crippen LogP contribution in [0.15, 0.2) is 30.5 Å². The highest BCUT2D eigenvalue weighted by Gasteiger charge is 2.38. The highest BCUT2D eigenvalue weighted by atomic mass is 35.5. The van der Waals surface area contributed by atoms with Crippen molar-refractivity contribution < 1.29 is 23.0 Å². The van der Waals surface area contributed by atoms with Crippen LogP contribution in [0.4, 0.5) is 24.8 Å². The summed E-state index contributed by atoms with van der Waals surface area (Å²) in [5, 5.41) is 19.4. The molecule has 0 spiro atoms. The van der Waals surface area contributed by atoms with Gasteiger partial charge in [-0.2, -0.15) is 13.2 Å². The van der Waals surface area contributed by atoms with E-state index in [2.05, 4.69) is 20.9 Å². The van der Waals surface area contributed by atoms with Gasteiger partial charge in [-0.3, -0.25) is 0 Å². The van der Waals surface area contributed by atoms with Gasteiger partial charge in [-0.15, -0.1) is 0 Å². The molecule has 2 fully saturated rings. The number of aliphatic hydroxyl groups is 1. The lowest BCUT2D eigenvalue weighted by Crippen LogP contribution is -2.44. The molecule has 7 nitrogen and oxygen atoms in total. The smallest absolute Gasteiger partial charge is 0.382 e. The Hall–Kier alpha value is -2.14. The number of rotatable bonds is 9. The first kappa shape index (κ1) is 26.9. The van der Waals surface area contributed by atoms with Gasteiger partial charge in [0.25, 0.3) is 0 Å². The van der Waals surface area contributed by atoms with Gasteiger partial charge in [-0.25, -0.2) is 9.97 Å². The maximum atomic E-state index is 12.5. The molecule has 36 heavy (non-hydrogen) atoms. The molecule has 1 saturated carbocycles. The Morgan fingerprint density at radius 1 is 1.06 bits per heavy atom. The summed E-state index contributed by atoms with van der Waals surface area (Å²) in [5.74, 6) is 2.05. The largest absolute Gasteiger partial charge is 0.415 e. The number of pyridine rings is 2. The van der Waals surface area contributed by atoms with Crippen LogP contribution in [0.1, 0.15) is 38.5 Å². The molecule has 2 aliphatic rings. The number of ether oxygens (including phenoxy) is 1. The Bertz CT molecular complexity index is 982. The van der Waals surface area contributed by atoms with Gasteiger partial charge in [-0.05, 0) is 62.6 Å². The summed E-state index contributed by atoms with van der Waals surface area (Å²) in [4.78, 5) is 9.16.